The number of rotatable bonds is 6. The molecule has 2 amide bonds. The molecule has 0 atom stereocenters. The van der Waals surface area contributed by atoms with Crippen LogP contribution in [0, 0.1) is 0 Å². The lowest BCUT2D eigenvalue weighted by Crippen LogP contribution is -2.13. The van der Waals surface area contributed by atoms with Gasteiger partial charge in [-0.05, 0) is 36.4 Å². The zero-order chi connectivity index (χ0) is 22.0. The molecule has 158 valence electrons. The summed E-state index contributed by atoms with van der Waals surface area (Å²) < 4.78 is 25.1. The van der Waals surface area contributed by atoms with Crippen molar-refractivity contribution in [3.05, 3.63) is 70.4 Å². The van der Waals surface area contributed by atoms with Gasteiger partial charge in [0, 0.05) is 11.1 Å². The van der Waals surface area contributed by atoms with Crippen molar-refractivity contribution < 1.29 is 18.0 Å². The topological polar surface area (TPSA) is 133 Å². The number of nitrogens with one attached hydrogen (secondary N) is 4. The van der Waals surface area contributed by atoms with E-state index < -0.39 is 21.8 Å². The summed E-state index contributed by atoms with van der Waals surface area (Å²) in [6, 6.07) is 15.2. The van der Waals surface area contributed by atoms with Crippen molar-refractivity contribution >= 4 is 61.5 Å². The summed E-state index contributed by atoms with van der Waals surface area (Å²) in [5.41, 5.74) is 2.60. The average Bonchev–Trinajstić information content (AvgIpc) is 3.34. The van der Waals surface area contributed by atoms with Gasteiger partial charge < -0.3 is 10.3 Å². The number of carbonyl (C=O) groups is 2. The van der Waals surface area contributed by atoms with E-state index >= 15 is 0 Å². The fourth-order valence-corrected chi connectivity index (χ4v) is 4.17. The van der Waals surface area contributed by atoms with Crippen molar-refractivity contribution in [1.82, 2.24) is 9.97 Å². The van der Waals surface area contributed by atoms with Crippen LogP contribution in [0.2, 0.25) is 0 Å². The fraction of sp³-hybridized carbons (Fsp3) is 0.0500. The van der Waals surface area contributed by atoms with Crippen LogP contribution in [0.3, 0.4) is 0 Å². The standard InChI is InChI=1S/C20H17N5O4S2/c1-31(28,29)25-14-6-4-5-13(10-14)21-19(27)17-9-12(11-30-17)18(26)24-20-22-15-7-2-3-8-16(15)23-20/h2-11,25H,1H3,(H,21,27)(H2,22,23,24,26). The number of carbonyl (C=O) groups excluding carboxylic acids is 2. The maximum Gasteiger partial charge on any atom is 0.265 e. The van der Waals surface area contributed by atoms with Crippen LogP contribution in [-0.4, -0.2) is 36.5 Å². The molecule has 4 rings (SSSR count). The van der Waals surface area contributed by atoms with Gasteiger partial charge in [-0.15, -0.1) is 11.3 Å². The molecule has 4 aromatic rings. The van der Waals surface area contributed by atoms with Crippen LogP contribution in [0.4, 0.5) is 17.3 Å². The number of para-hydroxylation sites is 2. The van der Waals surface area contributed by atoms with Crippen molar-refractivity contribution in [1.29, 1.82) is 0 Å². The second-order valence-electron chi connectivity index (χ2n) is 6.67. The van der Waals surface area contributed by atoms with Gasteiger partial charge in [0.2, 0.25) is 16.0 Å². The zero-order valence-electron chi connectivity index (χ0n) is 16.2. The Morgan fingerprint density at radius 2 is 1.74 bits per heavy atom. The van der Waals surface area contributed by atoms with Crippen molar-refractivity contribution in [2.24, 2.45) is 0 Å². The predicted octanol–water partition coefficient (Wildman–Crippen LogP) is 3.50. The molecule has 0 aliphatic heterocycles. The summed E-state index contributed by atoms with van der Waals surface area (Å²) in [5, 5.41) is 6.95. The molecule has 0 spiro atoms. The SMILES string of the molecule is CS(=O)(=O)Nc1cccc(NC(=O)c2cc(C(=O)Nc3nc4ccccc4[nH]3)cs2)c1. The van der Waals surface area contributed by atoms with Gasteiger partial charge in [0.05, 0.1) is 33.4 Å². The number of aromatic nitrogens is 2. The van der Waals surface area contributed by atoms with Crippen LogP contribution in [0.5, 0.6) is 0 Å². The van der Waals surface area contributed by atoms with Gasteiger partial charge in [-0.3, -0.25) is 19.6 Å². The highest BCUT2D eigenvalue weighted by molar-refractivity contribution is 7.92. The van der Waals surface area contributed by atoms with E-state index in [0.717, 1.165) is 28.6 Å². The Balaban J connectivity index is 1.43. The molecule has 0 aliphatic carbocycles. The average molecular weight is 456 g/mol. The molecule has 2 heterocycles. The van der Waals surface area contributed by atoms with Crippen LogP contribution in [0.15, 0.2) is 60.0 Å². The van der Waals surface area contributed by atoms with E-state index in [-0.39, 0.29) is 0 Å². The van der Waals surface area contributed by atoms with E-state index in [9.17, 15) is 18.0 Å². The van der Waals surface area contributed by atoms with Gasteiger partial charge in [-0.25, -0.2) is 13.4 Å². The number of fused-ring (bicyclic) bond motifs is 1. The third-order valence-corrected chi connectivity index (χ3v) is 5.67. The number of hydrogen-bond acceptors (Lipinski definition) is 6. The molecule has 0 fully saturated rings. The lowest BCUT2D eigenvalue weighted by atomic mass is 10.2. The number of sulfonamides is 1. The highest BCUT2D eigenvalue weighted by Crippen LogP contribution is 2.21. The van der Waals surface area contributed by atoms with Gasteiger partial charge in [-0.2, -0.15) is 0 Å². The smallest absolute Gasteiger partial charge is 0.265 e. The van der Waals surface area contributed by atoms with Gasteiger partial charge in [0.15, 0.2) is 0 Å². The van der Waals surface area contributed by atoms with E-state index in [4.69, 9.17) is 0 Å². The number of benzene rings is 2. The summed E-state index contributed by atoms with van der Waals surface area (Å²) in [5.74, 6) is -0.489. The Morgan fingerprint density at radius 1 is 0.968 bits per heavy atom. The van der Waals surface area contributed by atoms with Crippen LogP contribution in [0.1, 0.15) is 20.0 Å². The van der Waals surface area contributed by atoms with Crippen molar-refractivity contribution in [3.63, 3.8) is 0 Å². The number of amides is 2. The van der Waals surface area contributed by atoms with Gasteiger partial charge in [-0.1, -0.05) is 18.2 Å². The number of thiophene rings is 1. The van der Waals surface area contributed by atoms with Crippen molar-refractivity contribution in [2.75, 3.05) is 21.6 Å². The maximum atomic E-state index is 12.5. The molecule has 0 radical (unpaired) electrons. The quantitative estimate of drug-likeness (QED) is 0.353. The number of nitrogens with zero attached hydrogens (tertiary/aromatic N) is 1. The Morgan fingerprint density at radius 3 is 2.52 bits per heavy atom. The van der Waals surface area contributed by atoms with Crippen LogP contribution < -0.4 is 15.4 Å². The molecule has 0 saturated heterocycles. The summed E-state index contributed by atoms with van der Waals surface area (Å²) in [4.78, 5) is 32.7. The minimum absolute atomic E-state index is 0.318. The van der Waals surface area contributed by atoms with Gasteiger partial charge in [0.1, 0.15) is 0 Å². The van der Waals surface area contributed by atoms with E-state index in [1.165, 1.54) is 12.1 Å². The summed E-state index contributed by atoms with van der Waals surface area (Å²) in [6.45, 7) is 0. The number of aromatic amines is 1. The molecule has 9 nitrogen and oxygen atoms in total. The third kappa shape index (κ3) is 5.08. The maximum absolute atomic E-state index is 12.5. The third-order valence-electron chi connectivity index (χ3n) is 4.13. The van der Waals surface area contributed by atoms with E-state index in [1.807, 2.05) is 24.3 Å². The minimum atomic E-state index is -3.43. The highest BCUT2D eigenvalue weighted by Gasteiger charge is 2.15. The Hall–Kier alpha value is -3.70. The van der Waals surface area contributed by atoms with Crippen molar-refractivity contribution in [2.45, 2.75) is 0 Å². The normalized spacial score (nSPS) is 11.3. The first kappa shape index (κ1) is 20.6. The summed E-state index contributed by atoms with van der Waals surface area (Å²) >= 11 is 1.12. The second kappa shape index (κ2) is 8.20. The monoisotopic (exact) mass is 455 g/mol. The van der Waals surface area contributed by atoms with Crippen LogP contribution in [0.25, 0.3) is 11.0 Å². The zero-order valence-corrected chi connectivity index (χ0v) is 17.8. The summed E-state index contributed by atoms with van der Waals surface area (Å²) in [7, 11) is -3.43. The Bertz CT molecular complexity index is 1360. The first-order valence-electron chi connectivity index (χ1n) is 9.01. The summed E-state index contributed by atoms with van der Waals surface area (Å²) in [6.07, 6.45) is 1.04. The molecule has 0 saturated carbocycles. The first-order valence-corrected chi connectivity index (χ1v) is 11.8. The van der Waals surface area contributed by atoms with E-state index in [0.29, 0.717) is 27.8 Å². The molecular weight excluding hydrogens is 438 g/mol. The van der Waals surface area contributed by atoms with Crippen LogP contribution in [-0.2, 0) is 10.0 Å². The largest absolute Gasteiger partial charge is 0.324 e. The second-order valence-corrected chi connectivity index (χ2v) is 9.33. The highest BCUT2D eigenvalue weighted by atomic mass is 32.2. The number of anilines is 3. The molecule has 0 aliphatic rings. The molecule has 31 heavy (non-hydrogen) atoms. The Labute approximate surface area is 181 Å². The molecule has 0 bridgehead atoms. The van der Waals surface area contributed by atoms with Crippen LogP contribution >= 0.6 is 11.3 Å². The van der Waals surface area contributed by atoms with E-state index in [2.05, 4.69) is 25.3 Å². The van der Waals surface area contributed by atoms with Gasteiger partial charge >= 0.3 is 0 Å². The first-order chi connectivity index (χ1) is 14.8. The fourth-order valence-electron chi connectivity index (χ4n) is 2.83. The number of hydrogen-bond donors (Lipinski definition) is 4. The van der Waals surface area contributed by atoms with E-state index in [1.54, 1.807) is 23.6 Å². The molecule has 4 N–H and O–H groups in total. The van der Waals surface area contributed by atoms with Crippen molar-refractivity contribution in [3.8, 4) is 0 Å². The lowest BCUT2D eigenvalue weighted by molar-refractivity contribution is 0.102. The molecule has 11 heteroatoms. The molecule has 2 aromatic carbocycles. The van der Waals surface area contributed by atoms with Gasteiger partial charge in [0.25, 0.3) is 11.8 Å². The number of H-pyrrole nitrogens is 1. The molecule has 0 unspecified atom stereocenters. The lowest BCUT2D eigenvalue weighted by Gasteiger charge is -2.07. The minimum Gasteiger partial charge on any atom is -0.324 e. The molecule has 2 aromatic heterocycles. The molecular formula is C20H17N5O4S2. The predicted molar refractivity (Wildman–Crippen MR) is 121 cm³/mol. The number of imidazole rings is 1. The Kier molecular flexibility index (Phi) is 5.44.